The van der Waals surface area contributed by atoms with Crippen molar-refractivity contribution in [1.29, 1.82) is 0 Å². The quantitative estimate of drug-likeness (QED) is 0.842. The molecule has 2 rings (SSSR count). The van der Waals surface area contributed by atoms with Gasteiger partial charge in [0.05, 0.1) is 4.47 Å². The Balaban J connectivity index is 2.14. The van der Waals surface area contributed by atoms with E-state index in [0.29, 0.717) is 5.69 Å². The Morgan fingerprint density at radius 2 is 2.00 bits per heavy atom. The molecule has 1 fully saturated rings. The SMILES string of the molecule is CCn1cc(Br)c(C(=O)N2CCCCCC2)n1. The highest BCUT2D eigenvalue weighted by Gasteiger charge is 2.22. The van der Waals surface area contributed by atoms with E-state index < -0.39 is 0 Å². The third kappa shape index (κ3) is 2.89. The molecule has 0 atom stereocenters. The summed E-state index contributed by atoms with van der Waals surface area (Å²) >= 11 is 3.41. The van der Waals surface area contributed by atoms with Crippen LogP contribution in [0.25, 0.3) is 0 Å². The van der Waals surface area contributed by atoms with Gasteiger partial charge in [-0.15, -0.1) is 0 Å². The summed E-state index contributed by atoms with van der Waals surface area (Å²) in [5.41, 5.74) is 0.550. The summed E-state index contributed by atoms with van der Waals surface area (Å²) in [5.74, 6) is 0.0611. The number of carbonyl (C=O) groups is 1. The molecule has 0 aliphatic carbocycles. The molecule has 1 aliphatic rings. The van der Waals surface area contributed by atoms with Gasteiger partial charge < -0.3 is 4.90 Å². The summed E-state index contributed by atoms with van der Waals surface area (Å²) in [7, 11) is 0. The molecule has 0 saturated carbocycles. The fourth-order valence-electron chi connectivity index (χ4n) is 2.13. The van der Waals surface area contributed by atoms with Gasteiger partial charge in [-0.1, -0.05) is 12.8 Å². The Hall–Kier alpha value is -0.840. The molecule has 1 aromatic rings. The summed E-state index contributed by atoms with van der Waals surface area (Å²) in [4.78, 5) is 14.3. The summed E-state index contributed by atoms with van der Waals surface area (Å²) < 4.78 is 2.59. The zero-order chi connectivity index (χ0) is 12.3. The average Bonchev–Trinajstić information content (AvgIpc) is 2.56. The van der Waals surface area contributed by atoms with Gasteiger partial charge in [-0.3, -0.25) is 9.48 Å². The highest BCUT2D eigenvalue weighted by atomic mass is 79.9. The number of amides is 1. The number of hydrogen-bond acceptors (Lipinski definition) is 2. The largest absolute Gasteiger partial charge is 0.337 e. The van der Waals surface area contributed by atoms with E-state index in [2.05, 4.69) is 21.0 Å². The molecule has 1 aromatic heterocycles. The monoisotopic (exact) mass is 299 g/mol. The van der Waals surface area contributed by atoms with Gasteiger partial charge in [-0.05, 0) is 35.7 Å². The van der Waals surface area contributed by atoms with Crippen LogP contribution in [-0.4, -0.2) is 33.7 Å². The lowest BCUT2D eigenvalue weighted by Gasteiger charge is -2.19. The number of aromatic nitrogens is 2. The standard InChI is InChI=1S/C12H18BrN3O/c1-2-16-9-10(13)11(14-16)12(17)15-7-5-3-4-6-8-15/h9H,2-8H2,1H3. The van der Waals surface area contributed by atoms with Crippen LogP contribution in [0.3, 0.4) is 0 Å². The minimum absolute atomic E-state index is 0.0611. The minimum Gasteiger partial charge on any atom is -0.337 e. The molecule has 0 aromatic carbocycles. The predicted molar refractivity (Wildman–Crippen MR) is 70.0 cm³/mol. The van der Waals surface area contributed by atoms with Gasteiger partial charge in [0.2, 0.25) is 0 Å². The van der Waals surface area contributed by atoms with Crippen molar-refractivity contribution in [2.45, 2.75) is 39.2 Å². The molecular formula is C12H18BrN3O. The van der Waals surface area contributed by atoms with Gasteiger partial charge in [0.15, 0.2) is 5.69 Å². The molecule has 1 aliphatic heterocycles. The first kappa shape index (κ1) is 12.6. The van der Waals surface area contributed by atoms with Crippen molar-refractivity contribution < 1.29 is 4.79 Å². The number of likely N-dealkylation sites (tertiary alicyclic amines) is 1. The van der Waals surface area contributed by atoms with Crippen molar-refractivity contribution in [3.05, 3.63) is 16.4 Å². The maximum Gasteiger partial charge on any atom is 0.275 e. The van der Waals surface area contributed by atoms with E-state index in [0.717, 1.165) is 36.9 Å². The topological polar surface area (TPSA) is 38.1 Å². The molecule has 4 nitrogen and oxygen atoms in total. The Morgan fingerprint density at radius 1 is 1.35 bits per heavy atom. The molecule has 0 spiro atoms. The minimum atomic E-state index is 0.0611. The second kappa shape index (κ2) is 5.67. The maximum absolute atomic E-state index is 12.3. The molecule has 0 unspecified atom stereocenters. The molecule has 0 N–H and O–H groups in total. The maximum atomic E-state index is 12.3. The third-order valence-corrected chi connectivity index (χ3v) is 3.72. The fraction of sp³-hybridized carbons (Fsp3) is 0.667. The highest BCUT2D eigenvalue weighted by molar-refractivity contribution is 9.10. The van der Waals surface area contributed by atoms with E-state index in [9.17, 15) is 4.79 Å². The summed E-state index contributed by atoms with van der Waals surface area (Å²) in [6.45, 7) is 4.53. The molecule has 17 heavy (non-hydrogen) atoms. The summed E-state index contributed by atoms with van der Waals surface area (Å²) in [6, 6.07) is 0. The smallest absolute Gasteiger partial charge is 0.275 e. The normalized spacial score (nSPS) is 16.9. The van der Waals surface area contributed by atoms with Gasteiger partial charge in [0.1, 0.15) is 0 Å². The van der Waals surface area contributed by atoms with Crippen LogP contribution in [0.5, 0.6) is 0 Å². The van der Waals surface area contributed by atoms with Gasteiger partial charge in [-0.25, -0.2) is 0 Å². The van der Waals surface area contributed by atoms with Gasteiger partial charge in [-0.2, -0.15) is 5.10 Å². The number of aryl methyl sites for hydroxylation is 1. The van der Waals surface area contributed by atoms with Crippen molar-refractivity contribution in [1.82, 2.24) is 14.7 Å². The Bertz CT molecular complexity index is 394. The van der Waals surface area contributed by atoms with E-state index in [-0.39, 0.29) is 5.91 Å². The van der Waals surface area contributed by atoms with Crippen molar-refractivity contribution in [2.24, 2.45) is 0 Å². The number of hydrogen-bond donors (Lipinski definition) is 0. The van der Waals surface area contributed by atoms with Gasteiger partial charge in [0, 0.05) is 25.8 Å². The van der Waals surface area contributed by atoms with Gasteiger partial charge in [0.25, 0.3) is 5.91 Å². The van der Waals surface area contributed by atoms with Crippen LogP contribution in [0.4, 0.5) is 0 Å². The summed E-state index contributed by atoms with van der Waals surface area (Å²) in [5, 5.41) is 4.31. The van der Waals surface area contributed by atoms with Crippen LogP contribution in [0.2, 0.25) is 0 Å². The number of carbonyl (C=O) groups excluding carboxylic acids is 1. The molecule has 0 bridgehead atoms. The van der Waals surface area contributed by atoms with Crippen LogP contribution in [0.15, 0.2) is 10.7 Å². The molecule has 2 heterocycles. The van der Waals surface area contributed by atoms with Crippen molar-refractivity contribution >= 4 is 21.8 Å². The third-order valence-electron chi connectivity index (χ3n) is 3.14. The van der Waals surface area contributed by atoms with E-state index in [1.807, 2.05) is 18.0 Å². The fourth-order valence-corrected chi connectivity index (χ4v) is 2.61. The molecular weight excluding hydrogens is 282 g/mol. The first-order chi connectivity index (χ1) is 8.22. The molecule has 1 saturated heterocycles. The van der Waals surface area contributed by atoms with Crippen molar-refractivity contribution in [3.8, 4) is 0 Å². The van der Waals surface area contributed by atoms with E-state index >= 15 is 0 Å². The van der Waals surface area contributed by atoms with Gasteiger partial charge >= 0.3 is 0 Å². The first-order valence-electron chi connectivity index (χ1n) is 6.24. The second-order valence-corrected chi connectivity index (χ2v) is 5.24. The van der Waals surface area contributed by atoms with Crippen molar-refractivity contribution in [3.63, 3.8) is 0 Å². The predicted octanol–water partition coefficient (Wildman–Crippen LogP) is 2.68. The first-order valence-corrected chi connectivity index (χ1v) is 7.04. The number of halogens is 1. The Kier molecular flexibility index (Phi) is 4.20. The average molecular weight is 300 g/mol. The van der Waals surface area contributed by atoms with Crippen LogP contribution >= 0.6 is 15.9 Å². The lowest BCUT2D eigenvalue weighted by atomic mass is 10.2. The zero-order valence-corrected chi connectivity index (χ0v) is 11.7. The number of rotatable bonds is 2. The molecule has 0 radical (unpaired) electrons. The lowest BCUT2D eigenvalue weighted by Crippen LogP contribution is -2.32. The van der Waals surface area contributed by atoms with E-state index in [1.54, 1.807) is 4.68 Å². The lowest BCUT2D eigenvalue weighted by molar-refractivity contribution is 0.0754. The molecule has 1 amide bonds. The second-order valence-electron chi connectivity index (χ2n) is 4.39. The van der Waals surface area contributed by atoms with Crippen molar-refractivity contribution in [2.75, 3.05) is 13.1 Å². The van der Waals surface area contributed by atoms with Crippen LogP contribution < -0.4 is 0 Å². The van der Waals surface area contributed by atoms with E-state index in [1.165, 1.54) is 12.8 Å². The molecule has 94 valence electrons. The number of nitrogens with zero attached hydrogens (tertiary/aromatic N) is 3. The van der Waals surface area contributed by atoms with Crippen LogP contribution in [-0.2, 0) is 6.54 Å². The summed E-state index contributed by atoms with van der Waals surface area (Å²) in [6.07, 6.45) is 6.55. The van der Waals surface area contributed by atoms with E-state index in [4.69, 9.17) is 0 Å². The van der Waals surface area contributed by atoms with Crippen LogP contribution in [0.1, 0.15) is 43.1 Å². The highest BCUT2D eigenvalue weighted by Crippen LogP contribution is 2.19. The molecule has 5 heteroatoms. The Labute approximate surface area is 110 Å². The zero-order valence-electron chi connectivity index (χ0n) is 10.2. The van der Waals surface area contributed by atoms with Crippen LogP contribution in [0, 0.1) is 0 Å². The Morgan fingerprint density at radius 3 is 2.53 bits per heavy atom.